The number of amides is 1. The van der Waals surface area contributed by atoms with Gasteiger partial charge in [0.1, 0.15) is 22.7 Å². The second-order valence-corrected chi connectivity index (χ2v) is 9.66. The van der Waals surface area contributed by atoms with Crippen molar-refractivity contribution in [3.63, 3.8) is 0 Å². The summed E-state index contributed by atoms with van der Waals surface area (Å²) in [6.07, 6.45) is -2.28. The van der Waals surface area contributed by atoms with E-state index >= 15 is 0 Å². The number of imidazole rings is 1. The van der Waals surface area contributed by atoms with Gasteiger partial charge in [-0.2, -0.15) is 22.0 Å². The molecule has 33 heavy (non-hydrogen) atoms. The minimum Gasteiger partial charge on any atom is -0.432 e. The Bertz CT molecular complexity index is 1040. The minimum atomic E-state index is -4.53. The first-order chi connectivity index (χ1) is 15.3. The largest absolute Gasteiger partial charge is 0.432 e. The van der Waals surface area contributed by atoms with Crippen molar-refractivity contribution in [3.8, 4) is 5.75 Å². The fourth-order valence-corrected chi connectivity index (χ4v) is 4.90. The van der Waals surface area contributed by atoms with Gasteiger partial charge in [-0.25, -0.2) is 9.37 Å². The Labute approximate surface area is 185 Å². The highest BCUT2D eigenvalue weighted by Crippen LogP contribution is 2.52. The van der Waals surface area contributed by atoms with Gasteiger partial charge in [-0.3, -0.25) is 9.69 Å². The lowest BCUT2D eigenvalue weighted by molar-refractivity contribution is -0.189. The molecule has 0 radical (unpaired) electrons. The smallest absolute Gasteiger partial charge is 0.410 e. The van der Waals surface area contributed by atoms with E-state index in [1.54, 1.807) is 0 Å². The van der Waals surface area contributed by atoms with E-state index in [1.165, 1.54) is 6.07 Å². The number of carbonyl (C=O) groups is 1. The monoisotopic (exact) mass is 478 g/mol. The third-order valence-corrected chi connectivity index (χ3v) is 6.35. The number of hydrogen-bond acceptors (Lipinski definition) is 4. The molecule has 2 N–H and O–H groups in total. The van der Waals surface area contributed by atoms with Crippen molar-refractivity contribution < 1.29 is 35.9 Å². The quantitative estimate of drug-likeness (QED) is 0.590. The zero-order valence-electron chi connectivity index (χ0n) is 18.0. The number of alkyl halides is 5. The SMILES string of the molecule is CC(C)(NC(=O)CN1CC2(CC(Cc3nc4c(OC(F)F)cc(F)cc4[nH]3)C2)C1)C(F)(F)F. The Morgan fingerprint density at radius 1 is 1.30 bits per heavy atom. The molecule has 12 heteroatoms. The van der Waals surface area contributed by atoms with Crippen LogP contribution in [-0.2, 0) is 11.2 Å². The molecule has 1 spiro atoms. The van der Waals surface area contributed by atoms with Gasteiger partial charge >= 0.3 is 12.8 Å². The highest BCUT2D eigenvalue weighted by atomic mass is 19.4. The summed E-state index contributed by atoms with van der Waals surface area (Å²) >= 11 is 0. The van der Waals surface area contributed by atoms with Crippen LogP contribution in [0.4, 0.5) is 26.3 Å². The maximum Gasteiger partial charge on any atom is 0.410 e. The molecule has 2 fully saturated rings. The van der Waals surface area contributed by atoms with Gasteiger partial charge < -0.3 is 15.0 Å². The number of benzene rings is 1. The summed E-state index contributed by atoms with van der Waals surface area (Å²) in [5.74, 6) is -0.892. The Morgan fingerprint density at radius 3 is 2.58 bits per heavy atom. The standard InChI is InChI=1S/C21H24F6N4O2/c1-19(2,21(25,26)27)30-16(32)8-31-9-20(10-31)6-11(7-20)3-15-28-13-4-12(22)5-14(17(13)29-15)33-18(23)24/h4-5,11,18H,3,6-10H2,1-2H3,(H,28,29)(H,30,32). The number of nitrogens with zero attached hydrogens (tertiary/aromatic N) is 2. The molecule has 1 aromatic carbocycles. The first kappa shape index (κ1) is 23.7. The van der Waals surface area contributed by atoms with Crippen LogP contribution in [0.15, 0.2) is 12.1 Å². The number of hydrogen-bond donors (Lipinski definition) is 2. The molecule has 0 bridgehead atoms. The van der Waals surface area contributed by atoms with Gasteiger partial charge in [0.05, 0.1) is 12.1 Å². The lowest BCUT2D eigenvalue weighted by Crippen LogP contribution is -2.65. The summed E-state index contributed by atoms with van der Waals surface area (Å²) in [7, 11) is 0. The van der Waals surface area contributed by atoms with Gasteiger partial charge in [-0.15, -0.1) is 0 Å². The van der Waals surface area contributed by atoms with Gasteiger partial charge in [0.25, 0.3) is 0 Å². The number of nitrogens with one attached hydrogen (secondary N) is 2. The van der Waals surface area contributed by atoms with Gasteiger partial charge in [0, 0.05) is 25.6 Å². The molecule has 1 saturated heterocycles. The van der Waals surface area contributed by atoms with Crippen LogP contribution in [0.25, 0.3) is 11.0 Å². The second kappa shape index (κ2) is 8.07. The van der Waals surface area contributed by atoms with Crippen LogP contribution in [0.2, 0.25) is 0 Å². The molecule has 2 aromatic rings. The van der Waals surface area contributed by atoms with E-state index < -0.39 is 30.1 Å². The summed E-state index contributed by atoms with van der Waals surface area (Å²) < 4.78 is 81.9. The van der Waals surface area contributed by atoms with Crippen molar-refractivity contribution in [2.45, 2.75) is 51.4 Å². The number of halogens is 6. The maximum atomic E-state index is 13.7. The third-order valence-electron chi connectivity index (χ3n) is 6.35. The number of fused-ring (bicyclic) bond motifs is 1. The van der Waals surface area contributed by atoms with E-state index in [1.807, 2.05) is 10.2 Å². The lowest BCUT2D eigenvalue weighted by atomic mass is 9.57. The molecular weight excluding hydrogens is 454 g/mol. The first-order valence-corrected chi connectivity index (χ1v) is 10.5. The van der Waals surface area contributed by atoms with Crippen LogP contribution < -0.4 is 10.1 Å². The number of H-pyrrole nitrogens is 1. The molecular formula is C21H24F6N4O2. The highest BCUT2D eigenvalue weighted by molar-refractivity contribution is 5.82. The molecule has 182 valence electrons. The van der Waals surface area contributed by atoms with Gasteiger partial charge in [-0.1, -0.05) is 0 Å². The summed E-state index contributed by atoms with van der Waals surface area (Å²) in [5, 5.41) is 2.03. The molecule has 2 aliphatic rings. The van der Waals surface area contributed by atoms with Crippen LogP contribution in [0, 0.1) is 17.2 Å². The summed E-state index contributed by atoms with van der Waals surface area (Å²) in [6.45, 7) is -0.0806. The molecule has 0 atom stereocenters. The molecule has 1 aliphatic carbocycles. The molecule has 1 amide bonds. The van der Waals surface area contributed by atoms with Crippen LogP contribution in [0.3, 0.4) is 0 Å². The summed E-state index contributed by atoms with van der Waals surface area (Å²) in [4.78, 5) is 21.0. The Kier molecular flexibility index (Phi) is 5.78. The number of aromatic amines is 1. The van der Waals surface area contributed by atoms with Crippen LogP contribution >= 0.6 is 0 Å². The highest BCUT2D eigenvalue weighted by Gasteiger charge is 2.53. The molecule has 0 unspecified atom stereocenters. The van der Waals surface area contributed by atoms with Crippen molar-refractivity contribution in [1.82, 2.24) is 20.2 Å². The van der Waals surface area contributed by atoms with Crippen molar-refractivity contribution in [3.05, 3.63) is 23.8 Å². The van der Waals surface area contributed by atoms with E-state index in [2.05, 4.69) is 14.7 Å². The van der Waals surface area contributed by atoms with Crippen LogP contribution in [0.5, 0.6) is 5.75 Å². The molecule has 1 saturated carbocycles. The van der Waals surface area contributed by atoms with Crippen molar-refractivity contribution in [2.75, 3.05) is 19.6 Å². The fourth-order valence-electron chi connectivity index (χ4n) is 4.90. The molecule has 2 heterocycles. The van der Waals surface area contributed by atoms with Crippen molar-refractivity contribution in [2.24, 2.45) is 11.3 Å². The van der Waals surface area contributed by atoms with Crippen molar-refractivity contribution >= 4 is 16.9 Å². The summed E-state index contributed by atoms with van der Waals surface area (Å²) in [6, 6.07) is 2.04. The Hall–Kier alpha value is -2.50. The van der Waals surface area contributed by atoms with E-state index in [0.29, 0.717) is 25.3 Å². The van der Waals surface area contributed by atoms with Gasteiger partial charge in [-0.05, 0) is 44.1 Å². The Morgan fingerprint density at radius 2 is 1.97 bits per heavy atom. The number of aromatic nitrogens is 2. The maximum absolute atomic E-state index is 13.7. The first-order valence-electron chi connectivity index (χ1n) is 10.5. The average Bonchev–Trinajstić information content (AvgIpc) is 2.98. The zero-order chi connectivity index (χ0) is 24.2. The minimum absolute atomic E-state index is 0.0343. The number of ether oxygens (including phenoxy) is 1. The zero-order valence-corrected chi connectivity index (χ0v) is 18.0. The van der Waals surface area contributed by atoms with Gasteiger partial charge in [0.15, 0.2) is 5.75 Å². The number of likely N-dealkylation sites (tertiary alicyclic amines) is 1. The Balaban J connectivity index is 1.27. The molecule has 6 nitrogen and oxygen atoms in total. The lowest BCUT2D eigenvalue weighted by Gasteiger charge is -2.59. The van der Waals surface area contributed by atoms with E-state index in [9.17, 15) is 31.1 Å². The summed E-state index contributed by atoms with van der Waals surface area (Å²) in [5.41, 5.74) is -1.84. The molecule has 1 aromatic heterocycles. The number of rotatable bonds is 7. The predicted octanol–water partition coefficient (Wildman–Crippen LogP) is 4.02. The van der Waals surface area contributed by atoms with Crippen LogP contribution in [-0.4, -0.2) is 58.7 Å². The van der Waals surface area contributed by atoms with Crippen LogP contribution in [0.1, 0.15) is 32.5 Å². The van der Waals surface area contributed by atoms with E-state index in [0.717, 1.165) is 32.8 Å². The van der Waals surface area contributed by atoms with Crippen molar-refractivity contribution in [1.29, 1.82) is 0 Å². The fraction of sp³-hybridized carbons (Fsp3) is 0.619. The number of carbonyl (C=O) groups excluding carboxylic acids is 1. The molecule has 1 aliphatic heterocycles. The molecule has 4 rings (SSSR count). The third kappa shape index (κ3) is 4.90. The van der Waals surface area contributed by atoms with E-state index in [-0.39, 0.29) is 34.7 Å². The second-order valence-electron chi connectivity index (χ2n) is 9.66. The van der Waals surface area contributed by atoms with E-state index in [4.69, 9.17) is 0 Å². The average molecular weight is 478 g/mol. The topological polar surface area (TPSA) is 70.2 Å². The van der Waals surface area contributed by atoms with Gasteiger partial charge in [0.2, 0.25) is 5.91 Å². The predicted molar refractivity (Wildman–Crippen MR) is 106 cm³/mol. The normalized spacial score (nSPS) is 19.1.